The summed E-state index contributed by atoms with van der Waals surface area (Å²) < 4.78 is 10.2. The van der Waals surface area contributed by atoms with E-state index in [4.69, 9.17) is 0 Å². The standard InChI is InChI=1S/C9H16BNO2/c12-7-1-2-9-3-5-11(6-4-9)8-10-13/h7,9H,1-6,8H2. The molecule has 0 atom stereocenters. The summed E-state index contributed by atoms with van der Waals surface area (Å²) in [4.78, 5) is 12.3. The molecular weight excluding hydrogens is 165 g/mol. The molecule has 0 spiro atoms. The van der Waals surface area contributed by atoms with Crippen LogP contribution in [0.1, 0.15) is 25.7 Å². The van der Waals surface area contributed by atoms with Gasteiger partial charge in [0.15, 0.2) is 0 Å². The van der Waals surface area contributed by atoms with Crippen molar-refractivity contribution in [1.82, 2.24) is 4.90 Å². The number of hydrogen-bond donors (Lipinski definition) is 0. The second-order valence-electron chi connectivity index (χ2n) is 3.65. The molecule has 0 amide bonds. The van der Waals surface area contributed by atoms with Gasteiger partial charge in [0.25, 0.3) is 0 Å². The maximum absolute atomic E-state index is 10.2. The molecule has 0 aromatic heterocycles. The molecule has 1 rings (SSSR count). The summed E-state index contributed by atoms with van der Waals surface area (Å²) in [6, 6.07) is 0. The van der Waals surface area contributed by atoms with E-state index in [1.165, 1.54) is 0 Å². The summed E-state index contributed by atoms with van der Waals surface area (Å²) in [7, 11) is 0.964. The van der Waals surface area contributed by atoms with Crippen molar-refractivity contribution in [3.05, 3.63) is 0 Å². The number of likely N-dealkylation sites (tertiary alicyclic amines) is 1. The summed E-state index contributed by atoms with van der Waals surface area (Å²) in [6.07, 6.45) is 5.57. The number of rotatable bonds is 5. The monoisotopic (exact) mass is 181 g/mol. The number of carbonyl (C=O) groups is 1. The van der Waals surface area contributed by atoms with Crippen LogP contribution in [0.2, 0.25) is 0 Å². The van der Waals surface area contributed by atoms with Gasteiger partial charge in [0.2, 0.25) is 0 Å². The molecule has 1 heterocycles. The molecule has 1 aliphatic rings. The zero-order valence-electron chi connectivity index (χ0n) is 7.95. The first-order chi connectivity index (χ1) is 6.36. The van der Waals surface area contributed by atoms with E-state index in [0.717, 1.165) is 45.8 Å². The van der Waals surface area contributed by atoms with Crippen LogP contribution in [-0.4, -0.2) is 37.9 Å². The van der Waals surface area contributed by atoms with E-state index in [1.807, 2.05) is 0 Å². The second-order valence-corrected chi connectivity index (χ2v) is 3.65. The molecule has 1 saturated heterocycles. The molecule has 0 aromatic carbocycles. The van der Waals surface area contributed by atoms with Crippen molar-refractivity contribution >= 4 is 13.4 Å². The van der Waals surface area contributed by atoms with Crippen molar-refractivity contribution in [2.24, 2.45) is 5.92 Å². The van der Waals surface area contributed by atoms with Crippen LogP contribution in [0.25, 0.3) is 0 Å². The van der Waals surface area contributed by atoms with Crippen LogP contribution < -0.4 is 0 Å². The Labute approximate surface area is 79.7 Å². The number of aldehydes is 1. The van der Waals surface area contributed by atoms with Gasteiger partial charge in [-0.05, 0) is 0 Å². The molecule has 3 nitrogen and oxygen atoms in total. The number of nitrogens with zero attached hydrogens (tertiary/aromatic N) is 1. The Morgan fingerprint density at radius 2 is 2.08 bits per heavy atom. The van der Waals surface area contributed by atoms with Gasteiger partial charge in [-0.15, -0.1) is 0 Å². The SMILES string of the molecule is O=BCN1CCC(CCC=O)CC1. The van der Waals surface area contributed by atoms with Crippen molar-refractivity contribution in [2.45, 2.75) is 25.7 Å². The first-order valence-electron chi connectivity index (χ1n) is 4.96. The molecule has 0 N–H and O–H groups in total. The predicted molar refractivity (Wildman–Crippen MR) is 50.9 cm³/mol. The van der Waals surface area contributed by atoms with Gasteiger partial charge in [-0.1, -0.05) is 0 Å². The molecule has 72 valence electrons. The van der Waals surface area contributed by atoms with E-state index in [-0.39, 0.29) is 0 Å². The van der Waals surface area contributed by atoms with E-state index in [9.17, 15) is 9.50 Å². The number of carbonyl (C=O) groups excluding carboxylic acids is 1. The summed E-state index contributed by atoms with van der Waals surface area (Å²) >= 11 is 0. The number of piperidine rings is 1. The first kappa shape index (κ1) is 10.6. The quantitative estimate of drug-likeness (QED) is 0.462. The molecular formula is C9H16BNO2. The van der Waals surface area contributed by atoms with Crippen LogP contribution in [0.4, 0.5) is 0 Å². The third-order valence-electron chi connectivity index (χ3n) is 2.73. The van der Waals surface area contributed by atoms with E-state index >= 15 is 0 Å². The van der Waals surface area contributed by atoms with Gasteiger partial charge in [0.05, 0.1) is 0 Å². The van der Waals surface area contributed by atoms with Gasteiger partial charge in [-0.25, -0.2) is 0 Å². The van der Waals surface area contributed by atoms with Gasteiger partial charge in [-0.2, -0.15) is 0 Å². The van der Waals surface area contributed by atoms with E-state index < -0.39 is 0 Å². The fourth-order valence-electron chi connectivity index (χ4n) is 1.87. The van der Waals surface area contributed by atoms with Crippen molar-refractivity contribution in [3.63, 3.8) is 0 Å². The van der Waals surface area contributed by atoms with Crippen LogP contribution in [0.5, 0.6) is 0 Å². The Morgan fingerprint density at radius 3 is 2.62 bits per heavy atom. The number of hydrogen-bond acceptors (Lipinski definition) is 3. The van der Waals surface area contributed by atoms with Crippen molar-refractivity contribution in [2.75, 3.05) is 19.5 Å². The molecule has 0 aromatic rings. The van der Waals surface area contributed by atoms with Crippen LogP contribution in [0.15, 0.2) is 0 Å². The third-order valence-corrected chi connectivity index (χ3v) is 2.73. The van der Waals surface area contributed by atoms with E-state index in [0.29, 0.717) is 18.8 Å². The topological polar surface area (TPSA) is 37.4 Å². The van der Waals surface area contributed by atoms with Crippen LogP contribution in [0, 0.1) is 5.92 Å². The molecule has 0 unspecified atom stereocenters. The molecule has 0 bridgehead atoms. The van der Waals surface area contributed by atoms with Gasteiger partial charge >= 0.3 is 79.0 Å². The van der Waals surface area contributed by atoms with E-state index in [2.05, 4.69) is 4.90 Å². The normalized spacial score (nSPS) is 19.7. The van der Waals surface area contributed by atoms with Crippen LogP contribution >= 0.6 is 0 Å². The fraction of sp³-hybridized carbons (Fsp3) is 0.889. The molecule has 0 aliphatic carbocycles. The van der Waals surface area contributed by atoms with Gasteiger partial charge < -0.3 is 0 Å². The molecule has 0 saturated carbocycles. The Morgan fingerprint density at radius 1 is 1.38 bits per heavy atom. The van der Waals surface area contributed by atoms with Crippen LogP contribution in [-0.2, 0) is 9.50 Å². The zero-order chi connectivity index (χ0) is 9.52. The minimum atomic E-state index is 0.570. The van der Waals surface area contributed by atoms with Gasteiger partial charge in [0.1, 0.15) is 0 Å². The van der Waals surface area contributed by atoms with Crippen molar-refractivity contribution in [3.8, 4) is 0 Å². The minimum absolute atomic E-state index is 0.570. The average Bonchev–Trinajstić information content (AvgIpc) is 2.17. The molecule has 1 fully saturated rings. The Hall–Kier alpha value is -0.505. The zero-order valence-corrected chi connectivity index (χ0v) is 7.95. The van der Waals surface area contributed by atoms with Crippen molar-refractivity contribution in [1.29, 1.82) is 0 Å². The molecule has 0 radical (unpaired) electrons. The Kier molecular flexibility index (Phi) is 4.90. The summed E-state index contributed by atoms with van der Waals surface area (Å²) in [5, 5.41) is 0. The maximum atomic E-state index is 10.2. The molecule has 1 aliphatic heterocycles. The first-order valence-corrected chi connectivity index (χ1v) is 4.96. The van der Waals surface area contributed by atoms with Gasteiger partial charge in [-0.3, -0.25) is 0 Å². The fourth-order valence-corrected chi connectivity index (χ4v) is 1.87. The van der Waals surface area contributed by atoms with Gasteiger partial charge in [0, 0.05) is 0 Å². The summed E-state index contributed by atoms with van der Waals surface area (Å²) in [5.74, 6) is 0.702. The summed E-state index contributed by atoms with van der Waals surface area (Å²) in [6.45, 7) is 2.03. The van der Waals surface area contributed by atoms with E-state index in [1.54, 1.807) is 0 Å². The predicted octanol–water partition coefficient (Wildman–Crippen LogP) is 0.685. The summed E-state index contributed by atoms with van der Waals surface area (Å²) in [5.41, 5.74) is 0. The van der Waals surface area contributed by atoms with Crippen LogP contribution in [0.3, 0.4) is 0 Å². The van der Waals surface area contributed by atoms with Crippen molar-refractivity contribution < 1.29 is 9.50 Å². The Balaban J connectivity index is 2.14. The molecule has 4 heteroatoms. The Bertz CT molecular complexity index is 167. The molecule has 13 heavy (non-hydrogen) atoms. The third kappa shape index (κ3) is 3.81. The average molecular weight is 181 g/mol. The second kappa shape index (κ2) is 6.03.